The highest BCUT2D eigenvalue weighted by molar-refractivity contribution is 5.74. The van der Waals surface area contributed by atoms with Crippen LogP contribution in [0.25, 0.3) is 11.3 Å². The molecule has 2 aromatic rings. The summed E-state index contributed by atoms with van der Waals surface area (Å²) in [5, 5.41) is 11.3. The number of nitrogens with zero attached hydrogens (tertiary/aromatic N) is 4. The number of hydrogen-bond acceptors (Lipinski definition) is 3. The van der Waals surface area contributed by atoms with Crippen LogP contribution in [0.15, 0.2) is 30.5 Å². The lowest BCUT2D eigenvalue weighted by molar-refractivity contribution is 0.155. The number of urea groups is 1. The number of nitrogens with one attached hydrogen (secondary N) is 1. The molecule has 1 saturated heterocycles. The third-order valence-corrected chi connectivity index (χ3v) is 4.34. The molecular formula is C18H24FN5O. The Bertz CT molecular complexity index is 713. The van der Waals surface area contributed by atoms with Crippen LogP contribution >= 0.6 is 0 Å². The summed E-state index contributed by atoms with van der Waals surface area (Å²) >= 11 is 0. The van der Waals surface area contributed by atoms with Gasteiger partial charge in [0.2, 0.25) is 0 Å². The predicted molar refractivity (Wildman–Crippen MR) is 93.4 cm³/mol. The van der Waals surface area contributed by atoms with E-state index < -0.39 is 0 Å². The number of amides is 2. The Morgan fingerprint density at radius 3 is 2.84 bits per heavy atom. The van der Waals surface area contributed by atoms with Crippen LogP contribution in [0.3, 0.4) is 0 Å². The van der Waals surface area contributed by atoms with Crippen LogP contribution in [-0.2, 0) is 6.54 Å². The molecular weight excluding hydrogens is 321 g/mol. The van der Waals surface area contributed by atoms with Crippen LogP contribution in [0.4, 0.5) is 9.18 Å². The maximum atomic E-state index is 13.0. The molecule has 1 aromatic heterocycles. The zero-order valence-corrected chi connectivity index (χ0v) is 14.7. The minimum Gasteiger partial charge on any atom is -0.336 e. The summed E-state index contributed by atoms with van der Waals surface area (Å²) in [6.45, 7) is 6.18. The second-order valence-electron chi connectivity index (χ2n) is 6.89. The Balaban J connectivity index is 1.60. The minimum absolute atomic E-state index is 0.00490. The number of benzene rings is 1. The smallest absolute Gasteiger partial charge is 0.317 e. The topological polar surface area (TPSA) is 63.1 Å². The van der Waals surface area contributed by atoms with Crippen molar-refractivity contribution in [3.05, 3.63) is 36.3 Å². The van der Waals surface area contributed by atoms with Crippen molar-refractivity contribution in [2.45, 2.75) is 39.3 Å². The third-order valence-electron chi connectivity index (χ3n) is 4.34. The summed E-state index contributed by atoms with van der Waals surface area (Å²) in [6.07, 6.45) is 3.94. The first-order chi connectivity index (χ1) is 12.0. The molecule has 1 aliphatic rings. The van der Waals surface area contributed by atoms with E-state index in [1.165, 1.54) is 12.1 Å². The Kier molecular flexibility index (Phi) is 5.31. The fourth-order valence-electron chi connectivity index (χ4n) is 3.14. The number of carbonyl (C=O) groups is 1. The standard InChI is InChI=1S/C18H24FN5O/c1-13(2)20-18(25)23-9-3-4-14(10-23)11-24-12-17(21-22-24)15-5-7-16(19)8-6-15/h5-8,12-14H,3-4,9-11H2,1-2H3,(H,20,25)/t14-/m0/s1. The van der Waals surface area contributed by atoms with Gasteiger partial charge in [-0.05, 0) is 56.9 Å². The van der Waals surface area contributed by atoms with Crippen molar-refractivity contribution in [2.24, 2.45) is 5.92 Å². The summed E-state index contributed by atoms with van der Waals surface area (Å²) < 4.78 is 14.8. The molecule has 0 aliphatic carbocycles. The zero-order chi connectivity index (χ0) is 17.8. The lowest BCUT2D eigenvalue weighted by atomic mass is 9.98. The van der Waals surface area contributed by atoms with Gasteiger partial charge < -0.3 is 10.2 Å². The number of halogens is 1. The fraction of sp³-hybridized carbons (Fsp3) is 0.500. The van der Waals surface area contributed by atoms with Gasteiger partial charge in [0.15, 0.2) is 0 Å². The van der Waals surface area contributed by atoms with Crippen LogP contribution < -0.4 is 5.32 Å². The van der Waals surface area contributed by atoms with Crippen molar-refractivity contribution >= 4 is 6.03 Å². The second kappa shape index (κ2) is 7.63. The molecule has 1 atom stereocenters. The zero-order valence-electron chi connectivity index (χ0n) is 14.7. The van der Waals surface area contributed by atoms with Crippen LogP contribution in [-0.4, -0.2) is 45.1 Å². The molecule has 0 spiro atoms. The van der Waals surface area contributed by atoms with Crippen molar-refractivity contribution in [3.63, 3.8) is 0 Å². The first-order valence-electron chi connectivity index (χ1n) is 8.73. The molecule has 3 rings (SSSR count). The molecule has 7 heteroatoms. The van der Waals surface area contributed by atoms with Gasteiger partial charge in [0.1, 0.15) is 11.5 Å². The quantitative estimate of drug-likeness (QED) is 0.927. The monoisotopic (exact) mass is 345 g/mol. The van der Waals surface area contributed by atoms with Gasteiger partial charge in [0, 0.05) is 31.2 Å². The van der Waals surface area contributed by atoms with Gasteiger partial charge in [-0.1, -0.05) is 5.21 Å². The van der Waals surface area contributed by atoms with Gasteiger partial charge in [-0.3, -0.25) is 4.68 Å². The molecule has 1 aromatic carbocycles. The largest absolute Gasteiger partial charge is 0.336 e. The van der Waals surface area contributed by atoms with Crippen LogP contribution in [0.2, 0.25) is 0 Å². The van der Waals surface area contributed by atoms with Crippen molar-refractivity contribution in [3.8, 4) is 11.3 Å². The Labute approximate surface area is 147 Å². The highest BCUT2D eigenvalue weighted by Crippen LogP contribution is 2.20. The third kappa shape index (κ3) is 4.55. The van der Waals surface area contributed by atoms with Gasteiger partial charge in [-0.2, -0.15) is 0 Å². The summed E-state index contributed by atoms with van der Waals surface area (Å²) in [7, 11) is 0. The first kappa shape index (κ1) is 17.4. The average Bonchev–Trinajstić information content (AvgIpc) is 3.03. The normalized spacial score (nSPS) is 17.8. The van der Waals surface area contributed by atoms with Crippen LogP contribution in [0.5, 0.6) is 0 Å². The molecule has 0 saturated carbocycles. The number of likely N-dealkylation sites (tertiary alicyclic amines) is 1. The number of carbonyl (C=O) groups excluding carboxylic acids is 1. The number of aromatic nitrogens is 3. The van der Waals surface area contributed by atoms with E-state index >= 15 is 0 Å². The van der Waals surface area contributed by atoms with Crippen molar-refractivity contribution in [1.82, 2.24) is 25.2 Å². The molecule has 25 heavy (non-hydrogen) atoms. The molecule has 1 aliphatic heterocycles. The molecule has 2 heterocycles. The maximum Gasteiger partial charge on any atom is 0.317 e. The van der Waals surface area contributed by atoms with Gasteiger partial charge in [0.05, 0.1) is 6.20 Å². The molecule has 2 amide bonds. The van der Waals surface area contributed by atoms with E-state index in [2.05, 4.69) is 15.6 Å². The van der Waals surface area contributed by atoms with E-state index in [0.29, 0.717) is 5.92 Å². The van der Waals surface area contributed by atoms with E-state index in [1.807, 2.05) is 29.6 Å². The molecule has 134 valence electrons. The SMILES string of the molecule is CC(C)NC(=O)N1CCC[C@H](Cn2cc(-c3ccc(F)cc3)nn2)C1. The molecule has 0 unspecified atom stereocenters. The summed E-state index contributed by atoms with van der Waals surface area (Å²) in [4.78, 5) is 14.1. The predicted octanol–water partition coefficient (Wildman–Crippen LogP) is 2.91. The van der Waals surface area contributed by atoms with Crippen LogP contribution in [0, 0.1) is 11.7 Å². The molecule has 1 fully saturated rings. The first-order valence-corrected chi connectivity index (χ1v) is 8.73. The van der Waals surface area contributed by atoms with Gasteiger partial charge in [0.25, 0.3) is 0 Å². The Morgan fingerprint density at radius 1 is 1.36 bits per heavy atom. The highest BCUT2D eigenvalue weighted by atomic mass is 19.1. The minimum atomic E-state index is -0.266. The number of hydrogen-bond donors (Lipinski definition) is 1. The second-order valence-corrected chi connectivity index (χ2v) is 6.89. The maximum absolute atomic E-state index is 13.0. The van der Waals surface area contributed by atoms with Gasteiger partial charge in [-0.25, -0.2) is 9.18 Å². The van der Waals surface area contributed by atoms with Crippen molar-refractivity contribution in [1.29, 1.82) is 0 Å². The summed E-state index contributed by atoms with van der Waals surface area (Å²) in [6, 6.07) is 6.37. The lowest BCUT2D eigenvalue weighted by Gasteiger charge is -2.33. The molecule has 1 N–H and O–H groups in total. The van der Waals surface area contributed by atoms with E-state index in [0.717, 1.165) is 43.7 Å². The van der Waals surface area contributed by atoms with Gasteiger partial charge in [-0.15, -0.1) is 5.10 Å². The Hall–Kier alpha value is -2.44. The number of rotatable bonds is 4. The summed E-state index contributed by atoms with van der Waals surface area (Å²) in [5.41, 5.74) is 1.57. The van der Waals surface area contributed by atoms with E-state index in [1.54, 1.807) is 12.1 Å². The lowest BCUT2D eigenvalue weighted by Crippen LogP contribution is -2.48. The van der Waals surface area contributed by atoms with E-state index in [-0.39, 0.29) is 17.9 Å². The van der Waals surface area contributed by atoms with Gasteiger partial charge >= 0.3 is 6.03 Å². The Morgan fingerprint density at radius 2 is 2.12 bits per heavy atom. The molecule has 6 nitrogen and oxygen atoms in total. The van der Waals surface area contributed by atoms with E-state index in [4.69, 9.17) is 0 Å². The van der Waals surface area contributed by atoms with E-state index in [9.17, 15) is 9.18 Å². The highest BCUT2D eigenvalue weighted by Gasteiger charge is 2.24. The van der Waals surface area contributed by atoms with Crippen LogP contribution in [0.1, 0.15) is 26.7 Å². The van der Waals surface area contributed by atoms with Crippen molar-refractivity contribution < 1.29 is 9.18 Å². The summed E-state index contributed by atoms with van der Waals surface area (Å²) in [5.74, 6) is 0.0903. The molecule has 0 radical (unpaired) electrons. The van der Waals surface area contributed by atoms with Crippen molar-refractivity contribution in [2.75, 3.05) is 13.1 Å². The molecule has 0 bridgehead atoms. The number of piperidine rings is 1. The fourth-order valence-corrected chi connectivity index (χ4v) is 3.14. The average molecular weight is 345 g/mol.